The van der Waals surface area contributed by atoms with Crippen molar-refractivity contribution in [2.24, 2.45) is 0 Å². The molecule has 2 aromatic rings. The second kappa shape index (κ2) is 6.70. The number of hydrogen-bond donors (Lipinski definition) is 2. The zero-order valence-electron chi connectivity index (χ0n) is 11.0. The van der Waals surface area contributed by atoms with Crippen molar-refractivity contribution >= 4 is 11.6 Å². The van der Waals surface area contributed by atoms with E-state index in [-0.39, 0.29) is 5.91 Å². The number of anilines is 1. The first kappa shape index (κ1) is 13.3. The molecule has 2 rings (SSSR count). The summed E-state index contributed by atoms with van der Waals surface area (Å²) in [4.78, 5) is 15.6. The normalized spacial score (nSPS) is 10.4. The van der Waals surface area contributed by atoms with E-state index in [0.717, 1.165) is 24.3 Å². The van der Waals surface area contributed by atoms with Crippen LogP contribution in [-0.2, 0) is 11.3 Å². The number of imidazole rings is 1. The van der Waals surface area contributed by atoms with E-state index in [9.17, 15) is 4.79 Å². The molecule has 0 saturated heterocycles. The predicted octanol–water partition coefficient (Wildman–Crippen LogP) is 1.48. The Morgan fingerprint density at radius 3 is 3.05 bits per heavy atom. The van der Waals surface area contributed by atoms with Crippen molar-refractivity contribution < 1.29 is 4.79 Å². The number of amides is 1. The van der Waals surface area contributed by atoms with Crippen LogP contribution in [0.25, 0.3) is 0 Å². The van der Waals surface area contributed by atoms with E-state index >= 15 is 0 Å². The highest BCUT2D eigenvalue weighted by Crippen LogP contribution is 2.11. The molecular weight excluding hydrogens is 240 g/mol. The van der Waals surface area contributed by atoms with Gasteiger partial charge >= 0.3 is 0 Å². The molecule has 1 amide bonds. The van der Waals surface area contributed by atoms with E-state index in [2.05, 4.69) is 15.6 Å². The summed E-state index contributed by atoms with van der Waals surface area (Å²) >= 11 is 0. The number of carbonyl (C=O) groups is 1. The molecule has 0 bridgehead atoms. The number of likely N-dealkylation sites (N-methyl/N-ethyl adjacent to an activating group) is 1. The SMILES string of the molecule is CCNCC(=O)Nc1cccc(Cn2ccnc2)c1. The lowest BCUT2D eigenvalue weighted by Crippen LogP contribution is -2.27. The Labute approximate surface area is 112 Å². The molecule has 0 spiro atoms. The van der Waals surface area contributed by atoms with Crippen LogP contribution in [0.1, 0.15) is 12.5 Å². The monoisotopic (exact) mass is 258 g/mol. The van der Waals surface area contributed by atoms with Crippen LogP contribution < -0.4 is 10.6 Å². The van der Waals surface area contributed by atoms with E-state index < -0.39 is 0 Å². The fourth-order valence-corrected chi connectivity index (χ4v) is 1.78. The third-order valence-corrected chi connectivity index (χ3v) is 2.67. The molecule has 0 atom stereocenters. The van der Waals surface area contributed by atoms with Gasteiger partial charge in [-0.2, -0.15) is 0 Å². The van der Waals surface area contributed by atoms with Gasteiger partial charge in [0.1, 0.15) is 0 Å². The highest BCUT2D eigenvalue weighted by atomic mass is 16.1. The molecule has 1 heterocycles. The molecule has 0 radical (unpaired) electrons. The summed E-state index contributed by atoms with van der Waals surface area (Å²) in [7, 11) is 0. The summed E-state index contributed by atoms with van der Waals surface area (Å²) < 4.78 is 1.99. The van der Waals surface area contributed by atoms with Crippen LogP contribution in [0.4, 0.5) is 5.69 Å². The van der Waals surface area contributed by atoms with E-state index in [1.165, 1.54) is 0 Å². The summed E-state index contributed by atoms with van der Waals surface area (Å²) in [5, 5.41) is 5.87. The maximum atomic E-state index is 11.6. The third kappa shape index (κ3) is 4.22. The minimum absolute atomic E-state index is 0.0263. The first-order valence-corrected chi connectivity index (χ1v) is 6.33. The molecule has 5 nitrogen and oxygen atoms in total. The molecule has 0 unspecified atom stereocenters. The number of nitrogens with one attached hydrogen (secondary N) is 2. The van der Waals surface area contributed by atoms with Crippen molar-refractivity contribution in [2.45, 2.75) is 13.5 Å². The van der Waals surface area contributed by atoms with Crippen molar-refractivity contribution in [2.75, 3.05) is 18.4 Å². The maximum Gasteiger partial charge on any atom is 0.238 e. The van der Waals surface area contributed by atoms with Gasteiger partial charge in [0.15, 0.2) is 0 Å². The number of hydrogen-bond acceptors (Lipinski definition) is 3. The Morgan fingerprint density at radius 1 is 1.42 bits per heavy atom. The maximum absolute atomic E-state index is 11.6. The number of rotatable bonds is 6. The molecule has 0 aliphatic carbocycles. The smallest absolute Gasteiger partial charge is 0.238 e. The van der Waals surface area contributed by atoms with Crippen LogP contribution in [0.3, 0.4) is 0 Å². The van der Waals surface area contributed by atoms with Crippen LogP contribution in [0, 0.1) is 0 Å². The zero-order valence-corrected chi connectivity index (χ0v) is 11.0. The van der Waals surface area contributed by atoms with Crippen molar-refractivity contribution in [1.82, 2.24) is 14.9 Å². The van der Waals surface area contributed by atoms with Gasteiger partial charge in [-0.1, -0.05) is 19.1 Å². The largest absolute Gasteiger partial charge is 0.333 e. The standard InChI is InChI=1S/C14H18N4O/c1-2-15-9-14(19)17-13-5-3-4-12(8-13)10-18-7-6-16-11-18/h3-8,11,15H,2,9-10H2,1H3,(H,17,19). The Hall–Kier alpha value is -2.14. The van der Waals surface area contributed by atoms with Gasteiger partial charge in [-0.25, -0.2) is 4.98 Å². The molecule has 1 aromatic carbocycles. The molecule has 2 N–H and O–H groups in total. The predicted molar refractivity (Wildman–Crippen MR) is 74.9 cm³/mol. The van der Waals surface area contributed by atoms with Crippen LogP contribution >= 0.6 is 0 Å². The average Bonchev–Trinajstić information content (AvgIpc) is 2.89. The third-order valence-electron chi connectivity index (χ3n) is 2.67. The van der Waals surface area contributed by atoms with Crippen molar-refractivity contribution in [3.05, 3.63) is 48.5 Å². The second-order valence-electron chi connectivity index (χ2n) is 4.26. The van der Waals surface area contributed by atoms with Crippen molar-refractivity contribution in [1.29, 1.82) is 0 Å². The molecular formula is C14H18N4O. The zero-order chi connectivity index (χ0) is 13.5. The highest BCUT2D eigenvalue weighted by Gasteiger charge is 2.02. The molecule has 1 aromatic heterocycles. The van der Waals surface area contributed by atoms with Crippen LogP contribution in [0.15, 0.2) is 43.0 Å². The minimum atomic E-state index is -0.0263. The summed E-state index contributed by atoms with van der Waals surface area (Å²) in [6.45, 7) is 3.84. The van der Waals surface area contributed by atoms with Crippen LogP contribution in [-0.4, -0.2) is 28.5 Å². The molecule has 0 fully saturated rings. The lowest BCUT2D eigenvalue weighted by Gasteiger charge is -2.08. The second-order valence-corrected chi connectivity index (χ2v) is 4.26. The van der Waals surface area contributed by atoms with Gasteiger partial charge in [-0.3, -0.25) is 4.79 Å². The summed E-state index contributed by atoms with van der Waals surface area (Å²) in [6.07, 6.45) is 5.44. The van der Waals surface area contributed by atoms with Gasteiger partial charge in [0.2, 0.25) is 5.91 Å². The van der Waals surface area contributed by atoms with E-state index in [4.69, 9.17) is 0 Å². The van der Waals surface area contributed by atoms with Gasteiger partial charge in [0, 0.05) is 24.6 Å². The molecule has 0 aliphatic rings. The minimum Gasteiger partial charge on any atom is -0.333 e. The molecule has 100 valence electrons. The van der Waals surface area contributed by atoms with E-state index in [1.54, 1.807) is 12.5 Å². The molecule has 0 saturated carbocycles. The lowest BCUT2D eigenvalue weighted by atomic mass is 10.2. The van der Waals surface area contributed by atoms with Gasteiger partial charge in [0.25, 0.3) is 0 Å². The number of nitrogens with zero attached hydrogens (tertiary/aromatic N) is 2. The summed E-state index contributed by atoms with van der Waals surface area (Å²) in [5.74, 6) is -0.0263. The Morgan fingerprint density at radius 2 is 2.32 bits per heavy atom. The topological polar surface area (TPSA) is 59.0 Å². The van der Waals surface area contributed by atoms with Gasteiger partial charge in [-0.05, 0) is 24.2 Å². The Bertz CT molecular complexity index is 522. The molecule has 5 heteroatoms. The fraction of sp³-hybridized carbons (Fsp3) is 0.286. The van der Waals surface area contributed by atoms with Crippen LogP contribution in [0.2, 0.25) is 0 Å². The van der Waals surface area contributed by atoms with E-state index in [0.29, 0.717) is 6.54 Å². The Balaban J connectivity index is 1.97. The summed E-state index contributed by atoms with van der Waals surface area (Å²) in [5.41, 5.74) is 1.94. The summed E-state index contributed by atoms with van der Waals surface area (Å²) in [6, 6.07) is 7.83. The van der Waals surface area contributed by atoms with Gasteiger partial charge < -0.3 is 15.2 Å². The van der Waals surface area contributed by atoms with Gasteiger partial charge in [-0.15, -0.1) is 0 Å². The van der Waals surface area contributed by atoms with Gasteiger partial charge in [0.05, 0.1) is 12.9 Å². The van der Waals surface area contributed by atoms with E-state index in [1.807, 2.05) is 42.0 Å². The molecule has 0 aliphatic heterocycles. The first-order valence-electron chi connectivity index (χ1n) is 6.33. The highest BCUT2D eigenvalue weighted by molar-refractivity contribution is 5.92. The Kier molecular flexibility index (Phi) is 4.69. The fourth-order valence-electron chi connectivity index (χ4n) is 1.78. The van der Waals surface area contributed by atoms with Crippen molar-refractivity contribution in [3.63, 3.8) is 0 Å². The number of carbonyl (C=O) groups excluding carboxylic acids is 1. The number of aromatic nitrogens is 2. The number of benzene rings is 1. The van der Waals surface area contributed by atoms with Crippen LogP contribution in [0.5, 0.6) is 0 Å². The first-order chi connectivity index (χ1) is 9.28. The van der Waals surface area contributed by atoms with Crippen molar-refractivity contribution in [3.8, 4) is 0 Å². The molecule has 19 heavy (non-hydrogen) atoms. The lowest BCUT2D eigenvalue weighted by molar-refractivity contribution is -0.115. The average molecular weight is 258 g/mol. The quantitative estimate of drug-likeness (QED) is 0.825.